The van der Waals surface area contributed by atoms with Crippen LogP contribution < -0.4 is 4.90 Å². The van der Waals surface area contributed by atoms with Crippen LogP contribution in [0.1, 0.15) is 12.8 Å². The Morgan fingerprint density at radius 2 is 2.00 bits per heavy atom. The van der Waals surface area contributed by atoms with Crippen LogP contribution in [0.25, 0.3) is 0 Å². The van der Waals surface area contributed by atoms with E-state index in [0.29, 0.717) is 26.2 Å². The molecule has 0 bridgehead atoms. The molecule has 2 aliphatic rings. The van der Waals surface area contributed by atoms with Gasteiger partial charge in [-0.25, -0.2) is 0 Å². The number of ether oxygens (including phenoxy) is 1. The van der Waals surface area contributed by atoms with Crippen molar-refractivity contribution in [2.45, 2.75) is 18.4 Å². The fraction of sp³-hybridized carbons (Fsp3) is 0.611. The SMILES string of the molecule is CN(C)CC(=O)N1CCO[C@@]2(CCCN(c3ccccc3)C2)C1. The predicted molar refractivity (Wildman–Crippen MR) is 91.7 cm³/mol. The van der Waals surface area contributed by atoms with Crippen molar-refractivity contribution in [3.05, 3.63) is 30.3 Å². The van der Waals surface area contributed by atoms with Crippen LogP contribution in [0.4, 0.5) is 5.69 Å². The lowest BCUT2D eigenvalue weighted by atomic mass is 9.90. The molecule has 2 heterocycles. The number of piperidine rings is 1. The summed E-state index contributed by atoms with van der Waals surface area (Å²) in [5, 5.41) is 0. The van der Waals surface area contributed by atoms with Crippen molar-refractivity contribution < 1.29 is 9.53 Å². The van der Waals surface area contributed by atoms with Crippen LogP contribution in [0.15, 0.2) is 30.3 Å². The second kappa shape index (κ2) is 6.89. The third-order valence-electron chi connectivity index (χ3n) is 4.71. The van der Waals surface area contributed by atoms with Gasteiger partial charge in [0.25, 0.3) is 0 Å². The summed E-state index contributed by atoms with van der Waals surface area (Å²) in [6.07, 6.45) is 2.13. The standard InChI is InChI=1S/C18H27N3O2/c1-19(2)13-17(22)21-11-12-23-18(15-21)9-6-10-20(14-18)16-7-4-3-5-8-16/h3-5,7-8H,6,9-15H2,1-2H3/t18-/m1/s1. The zero-order chi connectivity index (χ0) is 16.3. The van der Waals surface area contributed by atoms with Gasteiger partial charge in [-0.2, -0.15) is 0 Å². The van der Waals surface area contributed by atoms with Crippen molar-refractivity contribution in [2.24, 2.45) is 0 Å². The van der Waals surface area contributed by atoms with E-state index in [4.69, 9.17) is 4.74 Å². The normalized spacial score (nSPS) is 25.2. The molecule has 0 aromatic heterocycles. The van der Waals surface area contributed by atoms with E-state index < -0.39 is 0 Å². The number of para-hydroxylation sites is 1. The Balaban J connectivity index is 1.69. The van der Waals surface area contributed by atoms with Gasteiger partial charge in [0, 0.05) is 25.3 Å². The van der Waals surface area contributed by atoms with E-state index in [0.717, 1.165) is 25.9 Å². The number of amides is 1. The Morgan fingerprint density at radius 1 is 1.22 bits per heavy atom. The molecule has 1 atom stereocenters. The molecule has 3 rings (SSSR count). The molecule has 1 amide bonds. The first-order chi connectivity index (χ1) is 11.1. The number of nitrogens with zero attached hydrogens (tertiary/aromatic N) is 3. The number of morpholine rings is 1. The predicted octanol–water partition coefficient (Wildman–Crippen LogP) is 1.45. The van der Waals surface area contributed by atoms with Crippen LogP contribution in [-0.4, -0.2) is 74.7 Å². The molecule has 0 saturated carbocycles. The van der Waals surface area contributed by atoms with Crippen LogP contribution in [0, 0.1) is 0 Å². The Bertz CT molecular complexity index is 530. The van der Waals surface area contributed by atoms with Crippen LogP contribution in [0.2, 0.25) is 0 Å². The molecule has 2 aliphatic heterocycles. The summed E-state index contributed by atoms with van der Waals surface area (Å²) in [4.78, 5) is 18.7. The maximum atomic E-state index is 12.4. The van der Waals surface area contributed by atoms with E-state index in [-0.39, 0.29) is 11.5 Å². The fourth-order valence-electron chi connectivity index (χ4n) is 3.63. The van der Waals surface area contributed by atoms with Gasteiger partial charge in [-0.05, 0) is 39.1 Å². The Kier molecular flexibility index (Phi) is 4.87. The number of benzene rings is 1. The van der Waals surface area contributed by atoms with Crippen LogP contribution in [0.3, 0.4) is 0 Å². The summed E-state index contributed by atoms with van der Waals surface area (Å²) in [7, 11) is 3.87. The molecule has 5 heteroatoms. The molecular formula is C18H27N3O2. The number of likely N-dealkylation sites (N-methyl/N-ethyl adjacent to an activating group) is 1. The van der Waals surface area contributed by atoms with Gasteiger partial charge in [0.2, 0.25) is 5.91 Å². The first-order valence-corrected chi connectivity index (χ1v) is 8.44. The maximum absolute atomic E-state index is 12.4. The van der Waals surface area contributed by atoms with E-state index in [1.807, 2.05) is 30.0 Å². The van der Waals surface area contributed by atoms with Crippen molar-refractivity contribution in [3.63, 3.8) is 0 Å². The zero-order valence-electron chi connectivity index (χ0n) is 14.2. The highest BCUT2D eigenvalue weighted by molar-refractivity contribution is 5.78. The molecule has 126 valence electrons. The van der Waals surface area contributed by atoms with Gasteiger partial charge in [-0.1, -0.05) is 18.2 Å². The number of rotatable bonds is 3. The van der Waals surface area contributed by atoms with Crippen molar-refractivity contribution in [1.29, 1.82) is 0 Å². The monoisotopic (exact) mass is 317 g/mol. The molecule has 0 aliphatic carbocycles. The van der Waals surface area contributed by atoms with Crippen LogP contribution in [-0.2, 0) is 9.53 Å². The third kappa shape index (κ3) is 3.85. The van der Waals surface area contributed by atoms with Gasteiger partial charge in [0.15, 0.2) is 0 Å². The third-order valence-corrected chi connectivity index (χ3v) is 4.71. The highest BCUT2D eigenvalue weighted by atomic mass is 16.5. The van der Waals surface area contributed by atoms with Gasteiger partial charge in [0.05, 0.1) is 19.7 Å². The van der Waals surface area contributed by atoms with E-state index in [2.05, 4.69) is 29.2 Å². The number of carbonyl (C=O) groups excluding carboxylic acids is 1. The lowest BCUT2D eigenvalue weighted by molar-refractivity contribution is -0.152. The van der Waals surface area contributed by atoms with Crippen molar-refractivity contribution in [3.8, 4) is 0 Å². The average molecular weight is 317 g/mol. The first kappa shape index (κ1) is 16.3. The largest absolute Gasteiger partial charge is 0.369 e. The summed E-state index contributed by atoms with van der Waals surface area (Å²) in [5.74, 6) is 0.203. The summed E-state index contributed by atoms with van der Waals surface area (Å²) in [6, 6.07) is 10.5. The molecule has 1 spiro atoms. The second-order valence-corrected chi connectivity index (χ2v) is 6.95. The lowest BCUT2D eigenvalue weighted by Crippen LogP contribution is -2.61. The highest BCUT2D eigenvalue weighted by Crippen LogP contribution is 2.31. The van der Waals surface area contributed by atoms with Gasteiger partial charge in [-0.3, -0.25) is 4.79 Å². The zero-order valence-corrected chi connectivity index (χ0v) is 14.2. The van der Waals surface area contributed by atoms with E-state index in [9.17, 15) is 4.79 Å². The maximum Gasteiger partial charge on any atom is 0.236 e. The van der Waals surface area contributed by atoms with Crippen LogP contribution >= 0.6 is 0 Å². The molecule has 0 radical (unpaired) electrons. The minimum atomic E-state index is -0.214. The van der Waals surface area contributed by atoms with E-state index in [1.54, 1.807) is 0 Å². The Labute approximate surface area is 138 Å². The number of hydrogen-bond donors (Lipinski definition) is 0. The van der Waals surface area contributed by atoms with Gasteiger partial charge >= 0.3 is 0 Å². The summed E-state index contributed by atoms with van der Waals surface area (Å²) < 4.78 is 6.19. The minimum absolute atomic E-state index is 0.203. The number of anilines is 1. The smallest absolute Gasteiger partial charge is 0.236 e. The number of hydrogen-bond acceptors (Lipinski definition) is 4. The topological polar surface area (TPSA) is 36.0 Å². The van der Waals surface area contributed by atoms with Gasteiger partial charge in [-0.15, -0.1) is 0 Å². The van der Waals surface area contributed by atoms with Crippen LogP contribution in [0.5, 0.6) is 0 Å². The Hall–Kier alpha value is -1.59. The molecule has 0 unspecified atom stereocenters. The highest BCUT2D eigenvalue weighted by Gasteiger charge is 2.41. The molecule has 2 fully saturated rings. The summed E-state index contributed by atoms with van der Waals surface area (Å²) >= 11 is 0. The van der Waals surface area contributed by atoms with E-state index >= 15 is 0 Å². The van der Waals surface area contributed by atoms with Crippen molar-refractivity contribution >= 4 is 11.6 Å². The molecule has 1 aromatic carbocycles. The molecule has 1 aromatic rings. The lowest BCUT2D eigenvalue weighted by Gasteiger charge is -2.48. The fourth-order valence-corrected chi connectivity index (χ4v) is 3.63. The minimum Gasteiger partial charge on any atom is -0.369 e. The average Bonchev–Trinajstić information content (AvgIpc) is 2.55. The molecule has 0 N–H and O–H groups in total. The molecular weight excluding hydrogens is 290 g/mol. The first-order valence-electron chi connectivity index (χ1n) is 8.44. The Morgan fingerprint density at radius 3 is 2.74 bits per heavy atom. The summed E-state index contributed by atoms with van der Waals surface area (Å²) in [5.41, 5.74) is 1.03. The molecule has 5 nitrogen and oxygen atoms in total. The number of carbonyl (C=O) groups is 1. The second-order valence-electron chi connectivity index (χ2n) is 6.95. The van der Waals surface area contributed by atoms with Gasteiger partial charge < -0.3 is 19.4 Å². The quantitative estimate of drug-likeness (QED) is 0.845. The van der Waals surface area contributed by atoms with Gasteiger partial charge in [0.1, 0.15) is 5.60 Å². The van der Waals surface area contributed by atoms with E-state index in [1.165, 1.54) is 5.69 Å². The van der Waals surface area contributed by atoms with Crippen molar-refractivity contribution in [1.82, 2.24) is 9.80 Å². The molecule has 23 heavy (non-hydrogen) atoms. The summed E-state index contributed by atoms with van der Waals surface area (Å²) in [6.45, 7) is 4.45. The molecule has 2 saturated heterocycles. The van der Waals surface area contributed by atoms with Crippen molar-refractivity contribution in [2.75, 3.05) is 58.3 Å².